The first-order valence-corrected chi connectivity index (χ1v) is 5.83. The Morgan fingerprint density at radius 2 is 1.94 bits per heavy atom. The molecule has 0 saturated heterocycles. The van der Waals surface area contributed by atoms with Gasteiger partial charge in [-0.05, 0) is 58.7 Å². The second-order valence-corrected chi connectivity index (χ2v) is 4.59. The molecule has 82 valence electrons. The molecule has 3 N–H and O–H groups in total. The van der Waals surface area contributed by atoms with Crippen molar-refractivity contribution in [3.05, 3.63) is 52.5 Å². The van der Waals surface area contributed by atoms with Gasteiger partial charge in [0, 0.05) is 15.8 Å². The fraction of sp³-hybridized carbons (Fsp3) is 0.0769. The van der Waals surface area contributed by atoms with Gasteiger partial charge in [0.1, 0.15) is 0 Å². The zero-order valence-corrected chi connectivity index (χ0v) is 10.6. The van der Waals surface area contributed by atoms with E-state index in [1.807, 2.05) is 30.3 Å². The number of halogens is 1. The molecule has 0 radical (unpaired) electrons. The lowest BCUT2D eigenvalue weighted by Crippen LogP contribution is -1.93. The van der Waals surface area contributed by atoms with E-state index in [2.05, 4.69) is 40.3 Å². The molecule has 2 rings (SSSR count). The zero-order chi connectivity index (χ0) is 11.5. The lowest BCUT2D eigenvalue weighted by molar-refractivity contribution is 1.44. The summed E-state index contributed by atoms with van der Waals surface area (Å²) in [6, 6.07) is 14.0. The first-order valence-electron chi connectivity index (χ1n) is 5.04. The largest absolute Gasteiger partial charge is 0.399 e. The molecule has 0 fully saturated rings. The van der Waals surface area contributed by atoms with Gasteiger partial charge >= 0.3 is 0 Å². The van der Waals surface area contributed by atoms with Crippen LogP contribution in [0.5, 0.6) is 0 Å². The molecule has 0 unspecified atom stereocenters. The maximum absolute atomic E-state index is 5.69. The number of nitrogens with one attached hydrogen (secondary N) is 1. The summed E-state index contributed by atoms with van der Waals surface area (Å²) in [7, 11) is 0. The molecule has 2 aromatic carbocycles. The van der Waals surface area contributed by atoms with Crippen LogP contribution in [-0.4, -0.2) is 0 Å². The number of nitrogens with two attached hydrogens (primary N) is 1. The van der Waals surface area contributed by atoms with E-state index in [0.717, 1.165) is 21.5 Å². The van der Waals surface area contributed by atoms with Gasteiger partial charge in [0.2, 0.25) is 0 Å². The Labute approximate surface area is 104 Å². The highest BCUT2D eigenvalue weighted by molar-refractivity contribution is 9.10. The van der Waals surface area contributed by atoms with Crippen LogP contribution in [0.3, 0.4) is 0 Å². The van der Waals surface area contributed by atoms with Crippen molar-refractivity contribution in [3.8, 4) is 0 Å². The predicted octanol–water partition coefficient (Wildman–Crippen LogP) is 4.08. The van der Waals surface area contributed by atoms with E-state index < -0.39 is 0 Å². The summed E-state index contributed by atoms with van der Waals surface area (Å²) in [4.78, 5) is 0. The fourth-order valence-electron chi connectivity index (χ4n) is 1.51. The molecule has 16 heavy (non-hydrogen) atoms. The van der Waals surface area contributed by atoms with Crippen LogP contribution < -0.4 is 11.1 Å². The van der Waals surface area contributed by atoms with E-state index in [-0.39, 0.29) is 0 Å². The van der Waals surface area contributed by atoms with Gasteiger partial charge in [-0.1, -0.05) is 12.1 Å². The molecular formula is C13H13BrN2. The second-order valence-electron chi connectivity index (χ2n) is 3.73. The van der Waals surface area contributed by atoms with Crippen molar-refractivity contribution in [1.29, 1.82) is 0 Å². The van der Waals surface area contributed by atoms with E-state index >= 15 is 0 Å². The van der Waals surface area contributed by atoms with E-state index in [9.17, 15) is 0 Å². The maximum atomic E-state index is 5.69. The van der Waals surface area contributed by atoms with E-state index in [1.165, 1.54) is 5.56 Å². The summed E-state index contributed by atoms with van der Waals surface area (Å²) in [6.45, 7) is 2.07. The highest BCUT2D eigenvalue weighted by Gasteiger charge is 2.00. The number of hydrogen-bond donors (Lipinski definition) is 2. The average molecular weight is 277 g/mol. The first kappa shape index (κ1) is 11.0. The third-order valence-corrected chi connectivity index (χ3v) is 2.95. The third-order valence-electron chi connectivity index (χ3n) is 2.29. The van der Waals surface area contributed by atoms with Gasteiger partial charge in [0.05, 0.1) is 5.69 Å². The lowest BCUT2D eigenvalue weighted by Gasteiger charge is -2.09. The van der Waals surface area contributed by atoms with Crippen LogP contribution in [0.4, 0.5) is 17.1 Å². The van der Waals surface area contributed by atoms with E-state index in [4.69, 9.17) is 5.73 Å². The van der Waals surface area contributed by atoms with Gasteiger partial charge in [-0.15, -0.1) is 0 Å². The molecule has 0 bridgehead atoms. The minimum Gasteiger partial charge on any atom is -0.399 e. The van der Waals surface area contributed by atoms with Crippen LogP contribution >= 0.6 is 15.9 Å². The minimum atomic E-state index is 0.752. The second kappa shape index (κ2) is 4.58. The number of nitrogen functional groups attached to an aromatic ring is 1. The molecule has 0 aliphatic heterocycles. The molecule has 0 atom stereocenters. The zero-order valence-electron chi connectivity index (χ0n) is 9.00. The SMILES string of the molecule is Cc1cccc(Nc2ccc(N)cc2Br)c1. The van der Waals surface area contributed by atoms with Crippen molar-refractivity contribution in [2.45, 2.75) is 6.92 Å². The van der Waals surface area contributed by atoms with Crippen LogP contribution in [0.15, 0.2) is 46.9 Å². The summed E-state index contributed by atoms with van der Waals surface area (Å²) < 4.78 is 0.967. The molecule has 3 heteroatoms. The smallest absolute Gasteiger partial charge is 0.0530 e. The maximum Gasteiger partial charge on any atom is 0.0530 e. The Morgan fingerprint density at radius 1 is 1.12 bits per heavy atom. The van der Waals surface area contributed by atoms with Gasteiger partial charge in [0.15, 0.2) is 0 Å². The van der Waals surface area contributed by atoms with Gasteiger partial charge in [0.25, 0.3) is 0 Å². The van der Waals surface area contributed by atoms with Crippen LogP contribution in [0.2, 0.25) is 0 Å². The highest BCUT2D eigenvalue weighted by atomic mass is 79.9. The minimum absolute atomic E-state index is 0.752. The Balaban J connectivity index is 2.27. The molecule has 2 aromatic rings. The monoisotopic (exact) mass is 276 g/mol. The normalized spacial score (nSPS) is 10.1. The Morgan fingerprint density at radius 3 is 2.62 bits per heavy atom. The van der Waals surface area contributed by atoms with E-state index in [0.29, 0.717) is 0 Å². The highest BCUT2D eigenvalue weighted by Crippen LogP contribution is 2.27. The summed E-state index contributed by atoms with van der Waals surface area (Å²) in [6.07, 6.45) is 0. The van der Waals surface area contributed by atoms with Crippen LogP contribution in [0, 0.1) is 6.92 Å². The van der Waals surface area contributed by atoms with Crippen molar-refractivity contribution >= 4 is 33.0 Å². The van der Waals surface area contributed by atoms with Crippen LogP contribution in [0.1, 0.15) is 5.56 Å². The van der Waals surface area contributed by atoms with Crippen LogP contribution in [-0.2, 0) is 0 Å². The predicted molar refractivity (Wildman–Crippen MR) is 73.0 cm³/mol. The van der Waals surface area contributed by atoms with Crippen molar-refractivity contribution in [2.24, 2.45) is 0 Å². The molecular weight excluding hydrogens is 264 g/mol. The van der Waals surface area contributed by atoms with Crippen molar-refractivity contribution in [2.75, 3.05) is 11.1 Å². The Bertz CT molecular complexity index is 509. The summed E-state index contributed by atoms with van der Waals surface area (Å²) in [5, 5.41) is 3.34. The standard InChI is InChI=1S/C13H13BrN2/c1-9-3-2-4-11(7-9)16-13-6-5-10(15)8-12(13)14/h2-8,16H,15H2,1H3. The van der Waals surface area contributed by atoms with Gasteiger partial charge in [-0.25, -0.2) is 0 Å². The number of anilines is 3. The van der Waals surface area contributed by atoms with E-state index in [1.54, 1.807) is 0 Å². The van der Waals surface area contributed by atoms with Gasteiger partial charge in [-0.2, -0.15) is 0 Å². The summed E-state index contributed by atoms with van der Waals surface area (Å²) >= 11 is 3.48. The topological polar surface area (TPSA) is 38.0 Å². The number of rotatable bonds is 2. The van der Waals surface area contributed by atoms with Gasteiger partial charge < -0.3 is 11.1 Å². The van der Waals surface area contributed by atoms with Crippen LogP contribution in [0.25, 0.3) is 0 Å². The number of hydrogen-bond acceptors (Lipinski definition) is 2. The molecule has 0 amide bonds. The average Bonchev–Trinajstić information content (AvgIpc) is 2.22. The number of aryl methyl sites for hydroxylation is 1. The van der Waals surface area contributed by atoms with Crippen molar-refractivity contribution < 1.29 is 0 Å². The lowest BCUT2D eigenvalue weighted by atomic mass is 10.2. The molecule has 0 aliphatic carbocycles. The number of benzene rings is 2. The Kier molecular flexibility index (Phi) is 3.15. The fourth-order valence-corrected chi connectivity index (χ4v) is 2.01. The summed E-state index contributed by atoms with van der Waals surface area (Å²) in [5.74, 6) is 0. The summed E-state index contributed by atoms with van der Waals surface area (Å²) in [5.41, 5.74) is 9.76. The first-order chi connectivity index (χ1) is 7.65. The quantitative estimate of drug-likeness (QED) is 0.811. The molecule has 0 spiro atoms. The van der Waals surface area contributed by atoms with Crippen molar-refractivity contribution in [1.82, 2.24) is 0 Å². The van der Waals surface area contributed by atoms with Gasteiger partial charge in [-0.3, -0.25) is 0 Å². The molecule has 0 aliphatic rings. The molecule has 0 heterocycles. The molecule has 0 saturated carbocycles. The van der Waals surface area contributed by atoms with Crippen molar-refractivity contribution in [3.63, 3.8) is 0 Å². The molecule has 0 aromatic heterocycles. The molecule has 2 nitrogen and oxygen atoms in total. The Hall–Kier alpha value is -1.48. The third kappa shape index (κ3) is 2.55.